The molecule has 128 valence electrons. The molecule has 0 bridgehead atoms. The third kappa shape index (κ3) is 3.47. The first kappa shape index (κ1) is 15.6. The largest absolute Gasteiger partial charge is 0.384 e. The Bertz CT molecular complexity index is 821. The van der Waals surface area contributed by atoms with Gasteiger partial charge in [-0.2, -0.15) is 0 Å². The summed E-state index contributed by atoms with van der Waals surface area (Å²) in [4.78, 5) is 15.2. The summed E-state index contributed by atoms with van der Waals surface area (Å²) in [6.07, 6.45) is 11.6. The van der Waals surface area contributed by atoms with Crippen LogP contribution in [0.25, 0.3) is 0 Å². The van der Waals surface area contributed by atoms with Crippen LogP contribution in [-0.2, 0) is 6.54 Å². The van der Waals surface area contributed by atoms with Gasteiger partial charge in [-0.3, -0.25) is 4.98 Å². The average Bonchev–Trinajstić information content (AvgIpc) is 3.11. The van der Waals surface area contributed by atoms with Gasteiger partial charge in [0.1, 0.15) is 11.6 Å². The van der Waals surface area contributed by atoms with Crippen LogP contribution < -0.4 is 10.6 Å². The monoisotopic (exact) mass is 334 g/mol. The number of hydrogen-bond donors (Lipinski definition) is 1. The molecule has 0 spiro atoms. The molecule has 4 heterocycles. The summed E-state index contributed by atoms with van der Waals surface area (Å²) < 4.78 is 2.26. The van der Waals surface area contributed by atoms with Crippen LogP contribution in [0.5, 0.6) is 0 Å². The predicted molar refractivity (Wildman–Crippen MR) is 98.4 cm³/mol. The number of pyridine rings is 2. The van der Waals surface area contributed by atoms with Crippen molar-refractivity contribution < 1.29 is 0 Å². The molecule has 0 atom stereocenters. The molecule has 2 N–H and O–H groups in total. The lowest BCUT2D eigenvalue weighted by molar-refractivity contribution is 0.470. The molecule has 3 aromatic rings. The van der Waals surface area contributed by atoms with Crippen LogP contribution in [0.2, 0.25) is 0 Å². The quantitative estimate of drug-likeness (QED) is 0.794. The van der Waals surface area contributed by atoms with Gasteiger partial charge in [-0.15, -0.1) is 0 Å². The Kier molecular flexibility index (Phi) is 4.33. The van der Waals surface area contributed by atoms with E-state index in [1.54, 1.807) is 6.20 Å². The summed E-state index contributed by atoms with van der Waals surface area (Å²) in [5, 5.41) is 0. The number of aromatic nitrogens is 4. The standard InChI is InChI=1S/C19H22N6/c20-18-13-17(3-8-22-18)24-10-4-16(5-11-24)19-23-9-12-25(19)14-15-1-6-21-7-2-15/h1-3,6-9,12-13,16H,4-5,10-11,14H2,(H2,20,22). The van der Waals surface area contributed by atoms with Crippen LogP contribution in [-0.4, -0.2) is 32.6 Å². The lowest BCUT2D eigenvalue weighted by Gasteiger charge is -2.33. The summed E-state index contributed by atoms with van der Waals surface area (Å²) in [7, 11) is 0. The van der Waals surface area contributed by atoms with E-state index >= 15 is 0 Å². The molecule has 1 fully saturated rings. The Morgan fingerprint density at radius 2 is 1.80 bits per heavy atom. The van der Waals surface area contributed by atoms with Crippen molar-refractivity contribution in [3.63, 3.8) is 0 Å². The van der Waals surface area contributed by atoms with E-state index < -0.39 is 0 Å². The summed E-state index contributed by atoms with van der Waals surface area (Å²) >= 11 is 0. The third-order valence-corrected chi connectivity index (χ3v) is 4.84. The fourth-order valence-corrected chi connectivity index (χ4v) is 3.53. The van der Waals surface area contributed by atoms with Gasteiger partial charge in [0.05, 0.1) is 0 Å². The van der Waals surface area contributed by atoms with Crippen LogP contribution >= 0.6 is 0 Å². The fourth-order valence-electron chi connectivity index (χ4n) is 3.53. The molecule has 3 aromatic heterocycles. The highest BCUT2D eigenvalue weighted by atomic mass is 15.1. The molecule has 0 saturated carbocycles. The van der Waals surface area contributed by atoms with E-state index in [9.17, 15) is 0 Å². The van der Waals surface area contributed by atoms with Gasteiger partial charge in [0.15, 0.2) is 0 Å². The molecule has 25 heavy (non-hydrogen) atoms. The lowest BCUT2D eigenvalue weighted by Crippen LogP contribution is -2.33. The molecular weight excluding hydrogens is 312 g/mol. The molecule has 0 amide bonds. The number of piperidine rings is 1. The van der Waals surface area contributed by atoms with Crippen LogP contribution in [0, 0.1) is 0 Å². The summed E-state index contributed by atoms with van der Waals surface area (Å²) in [5.41, 5.74) is 8.21. The van der Waals surface area contributed by atoms with Gasteiger partial charge in [-0.1, -0.05) is 0 Å². The molecule has 6 heteroatoms. The van der Waals surface area contributed by atoms with Crippen LogP contribution in [0.4, 0.5) is 11.5 Å². The zero-order chi connectivity index (χ0) is 17.1. The highest BCUT2D eigenvalue weighted by Gasteiger charge is 2.24. The number of nitrogen functional groups attached to an aromatic ring is 1. The van der Waals surface area contributed by atoms with Crippen LogP contribution in [0.3, 0.4) is 0 Å². The first-order valence-electron chi connectivity index (χ1n) is 8.66. The highest BCUT2D eigenvalue weighted by Crippen LogP contribution is 2.30. The van der Waals surface area contributed by atoms with Crippen molar-refractivity contribution in [2.24, 2.45) is 0 Å². The van der Waals surface area contributed by atoms with Crippen molar-refractivity contribution in [3.05, 3.63) is 66.6 Å². The van der Waals surface area contributed by atoms with Crippen molar-refractivity contribution >= 4 is 11.5 Å². The minimum absolute atomic E-state index is 0.493. The minimum atomic E-state index is 0.493. The topological polar surface area (TPSA) is 72.9 Å². The van der Waals surface area contributed by atoms with Crippen molar-refractivity contribution in [2.75, 3.05) is 23.7 Å². The molecule has 0 aliphatic carbocycles. The highest BCUT2D eigenvalue weighted by molar-refractivity contribution is 5.52. The van der Waals surface area contributed by atoms with Gasteiger partial charge in [0.25, 0.3) is 0 Å². The summed E-state index contributed by atoms with van der Waals surface area (Å²) in [6.45, 7) is 2.87. The fraction of sp³-hybridized carbons (Fsp3) is 0.316. The third-order valence-electron chi connectivity index (χ3n) is 4.84. The number of nitrogens with zero attached hydrogens (tertiary/aromatic N) is 5. The number of imidazole rings is 1. The molecule has 1 aliphatic heterocycles. The number of rotatable bonds is 4. The zero-order valence-electron chi connectivity index (χ0n) is 14.1. The number of nitrogens with two attached hydrogens (primary N) is 1. The molecule has 6 nitrogen and oxygen atoms in total. The van der Waals surface area contributed by atoms with E-state index in [-0.39, 0.29) is 0 Å². The zero-order valence-corrected chi connectivity index (χ0v) is 14.1. The van der Waals surface area contributed by atoms with E-state index in [1.807, 2.05) is 30.7 Å². The lowest BCUT2D eigenvalue weighted by atomic mass is 9.95. The molecule has 0 unspecified atom stereocenters. The number of anilines is 2. The van der Waals surface area contributed by atoms with Crippen molar-refractivity contribution in [1.82, 2.24) is 19.5 Å². The normalized spacial score (nSPS) is 15.4. The van der Waals surface area contributed by atoms with E-state index in [2.05, 4.69) is 42.7 Å². The maximum atomic E-state index is 5.81. The number of hydrogen-bond acceptors (Lipinski definition) is 5. The maximum Gasteiger partial charge on any atom is 0.125 e. The first-order chi connectivity index (χ1) is 12.3. The van der Waals surface area contributed by atoms with E-state index in [4.69, 9.17) is 5.73 Å². The Labute approximate surface area is 147 Å². The average molecular weight is 334 g/mol. The Balaban J connectivity index is 1.44. The van der Waals surface area contributed by atoms with Gasteiger partial charge in [-0.25, -0.2) is 9.97 Å². The molecule has 0 aromatic carbocycles. The molecule has 1 aliphatic rings. The van der Waals surface area contributed by atoms with Crippen molar-refractivity contribution in [3.8, 4) is 0 Å². The van der Waals surface area contributed by atoms with Crippen LogP contribution in [0.1, 0.15) is 30.1 Å². The van der Waals surface area contributed by atoms with E-state index in [0.29, 0.717) is 11.7 Å². The van der Waals surface area contributed by atoms with Crippen LogP contribution in [0.15, 0.2) is 55.2 Å². The van der Waals surface area contributed by atoms with Gasteiger partial charge < -0.3 is 15.2 Å². The first-order valence-corrected chi connectivity index (χ1v) is 8.66. The second kappa shape index (κ2) is 6.93. The molecule has 1 saturated heterocycles. The van der Waals surface area contributed by atoms with Crippen molar-refractivity contribution in [1.29, 1.82) is 0 Å². The van der Waals surface area contributed by atoms with Crippen molar-refractivity contribution in [2.45, 2.75) is 25.3 Å². The Morgan fingerprint density at radius 3 is 2.56 bits per heavy atom. The van der Waals surface area contributed by atoms with E-state index in [1.165, 1.54) is 11.4 Å². The SMILES string of the molecule is Nc1cc(N2CCC(c3nccn3Cc3ccncc3)CC2)ccn1. The van der Waals surface area contributed by atoms with Gasteiger partial charge in [0, 0.05) is 68.3 Å². The van der Waals surface area contributed by atoms with E-state index in [0.717, 1.165) is 38.2 Å². The second-order valence-corrected chi connectivity index (χ2v) is 6.47. The second-order valence-electron chi connectivity index (χ2n) is 6.47. The maximum absolute atomic E-state index is 5.81. The van der Waals surface area contributed by atoms with Gasteiger partial charge in [-0.05, 0) is 36.6 Å². The summed E-state index contributed by atoms with van der Waals surface area (Å²) in [5.74, 6) is 2.26. The molecule has 0 radical (unpaired) electrons. The molecule has 4 rings (SSSR count). The minimum Gasteiger partial charge on any atom is -0.384 e. The van der Waals surface area contributed by atoms with Gasteiger partial charge in [0.2, 0.25) is 0 Å². The predicted octanol–water partition coefficient (Wildman–Crippen LogP) is 2.69. The van der Waals surface area contributed by atoms with Gasteiger partial charge >= 0.3 is 0 Å². The smallest absolute Gasteiger partial charge is 0.125 e. The Morgan fingerprint density at radius 1 is 1.00 bits per heavy atom. The summed E-state index contributed by atoms with van der Waals surface area (Å²) in [6, 6.07) is 8.09. The molecular formula is C19H22N6. The Hall–Kier alpha value is -2.89.